The molecule has 0 aliphatic rings. The van der Waals surface area contributed by atoms with Gasteiger partial charge in [-0.2, -0.15) is 0 Å². The highest BCUT2D eigenvalue weighted by Crippen LogP contribution is 2.36. The number of hydrogen-bond donors (Lipinski definition) is 2. The number of carbonyl (C=O) groups excluding carboxylic acids is 2. The molecule has 3 N–H and O–H groups in total. The highest BCUT2D eigenvalue weighted by Gasteiger charge is 2.20. The van der Waals surface area contributed by atoms with E-state index >= 15 is 0 Å². The fourth-order valence-corrected chi connectivity index (χ4v) is 4.23. The first-order valence-electron chi connectivity index (χ1n) is 7.62. The first kappa shape index (κ1) is 20.2. The van der Waals surface area contributed by atoms with E-state index in [-0.39, 0.29) is 14.8 Å². The minimum atomic E-state index is -3.84. The molecule has 0 fully saturated rings. The number of anilines is 1. The Labute approximate surface area is 167 Å². The number of nitrogens with two attached hydrogens (primary N) is 1. The highest BCUT2D eigenvalue weighted by molar-refractivity contribution is 7.89. The lowest BCUT2D eigenvalue weighted by Crippen LogP contribution is -2.20. The molecule has 7 nitrogen and oxygen atoms in total. The van der Waals surface area contributed by atoms with Crippen LogP contribution in [0.1, 0.15) is 9.67 Å². The normalized spacial score (nSPS) is 11.4. The molecule has 0 unspecified atom stereocenters. The maximum Gasteiger partial charge on any atom is 0.350 e. The first-order valence-corrected chi connectivity index (χ1v) is 10.4. The van der Waals surface area contributed by atoms with E-state index in [0.29, 0.717) is 15.8 Å². The number of thiophene rings is 1. The van der Waals surface area contributed by atoms with Gasteiger partial charge in [0.05, 0.1) is 9.92 Å². The number of esters is 1. The summed E-state index contributed by atoms with van der Waals surface area (Å²) >= 11 is 7.09. The quantitative estimate of drug-likeness (QED) is 0.589. The summed E-state index contributed by atoms with van der Waals surface area (Å²) in [5.41, 5.74) is 0.295. The van der Waals surface area contributed by atoms with Gasteiger partial charge in [-0.05, 0) is 42.5 Å². The Morgan fingerprint density at radius 1 is 1.18 bits per heavy atom. The van der Waals surface area contributed by atoms with Gasteiger partial charge in [-0.3, -0.25) is 4.79 Å². The van der Waals surface area contributed by atoms with Gasteiger partial charge in [-0.1, -0.05) is 11.6 Å². The Balaban J connectivity index is 1.63. The maximum absolute atomic E-state index is 13.3. The maximum atomic E-state index is 13.3. The predicted molar refractivity (Wildman–Crippen MR) is 104 cm³/mol. The van der Waals surface area contributed by atoms with Crippen LogP contribution in [0.5, 0.6) is 0 Å². The van der Waals surface area contributed by atoms with Crippen LogP contribution in [0.15, 0.2) is 47.4 Å². The minimum Gasteiger partial charge on any atom is -0.451 e. The van der Waals surface area contributed by atoms with Crippen molar-refractivity contribution in [2.45, 2.75) is 4.90 Å². The molecule has 2 aromatic carbocycles. The van der Waals surface area contributed by atoms with Crippen molar-refractivity contribution in [3.63, 3.8) is 0 Å². The number of hydrogen-bond acceptors (Lipinski definition) is 6. The van der Waals surface area contributed by atoms with Crippen LogP contribution in [0.3, 0.4) is 0 Å². The summed E-state index contributed by atoms with van der Waals surface area (Å²) in [5, 5.41) is 8.08. The van der Waals surface area contributed by atoms with Crippen LogP contribution in [0.2, 0.25) is 5.02 Å². The van der Waals surface area contributed by atoms with Crippen molar-refractivity contribution in [2.24, 2.45) is 5.14 Å². The van der Waals surface area contributed by atoms with Gasteiger partial charge in [-0.25, -0.2) is 22.7 Å². The molecule has 11 heteroatoms. The summed E-state index contributed by atoms with van der Waals surface area (Å²) in [7, 11) is -3.84. The van der Waals surface area contributed by atoms with Gasteiger partial charge in [0, 0.05) is 15.8 Å². The van der Waals surface area contributed by atoms with Crippen molar-refractivity contribution in [3.05, 3.63) is 58.2 Å². The average Bonchev–Trinajstić information content (AvgIpc) is 2.95. The molecule has 0 aliphatic carbocycles. The number of sulfonamides is 1. The number of nitrogens with one attached hydrogen (secondary N) is 1. The molecule has 1 amide bonds. The number of amides is 1. The number of ether oxygens (including phenoxy) is 1. The molecule has 0 radical (unpaired) electrons. The van der Waals surface area contributed by atoms with Crippen LogP contribution in [0.4, 0.5) is 10.1 Å². The van der Waals surface area contributed by atoms with E-state index in [0.717, 1.165) is 11.3 Å². The van der Waals surface area contributed by atoms with E-state index in [1.165, 1.54) is 42.5 Å². The molecular weight excluding hydrogens is 431 g/mol. The third-order valence-electron chi connectivity index (χ3n) is 3.58. The number of rotatable bonds is 5. The second kappa shape index (κ2) is 7.84. The standard InChI is InChI=1S/C17H12ClFN2O5S2/c18-15-12-6-1-9(19)7-13(12)27-16(15)17(23)26-8-14(22)21-10-2-4-11(5-3-10)28(20,24)25/h1-7H,8H2,(H,21,22)(H2,20,24,25). The van der Waals surface area contributed by atoms with Crippen LogP contribution in [-0.4, -0.2) is 26.9 Å². The van der Waals surface area contributed by atoms with Gasteiger partial charge < -0.3 is 10.1 Å². The van der Waals surface area contributed by atoms with Crippen LogP contribution < -0.4 is 10.5 Å². The summed E-state index contributed by atoms with van der Waals surface area (Å²) in [6.07, 6.45) is 0. The number of carbonyl (C=O) groups is 2. The molecule has 146 valence electrons. The first-order chi connectivity index (χ1) is 13.1. The fourth-order valence-electron chi connectivity index (χ4n) is 2.29. The van der Waals surface area contributed by atoms with Gasteiger partial charge in [0.15, 0.2) is 6.61 Å². The molecule has 1 heterocycles. The molecule has 1 aromatic heterocycles. The van der Waals surface area contributed by atoms with Crippen molar-refractivity contribution in [1.29, 1.82) is 0 Å². The second-order valence-corrected chi connectivity index (χ2v) is 8.57. The van der Waals surface area contributed by atoms with Crippen LogP contribution in [0.25, 0.3) is 10.1 Å². The largest absolute Gasteiger partial charge is 0.451 e. The van der Waals surface area contributed by atoms with Crippen molar-refractivity contribution in [2.75, 3.05) is 11.9 Å². The molecule has 0 aliphatic heterocycles. The van der Waals surface area contributed by atoms with Gasteiger partial charge in [0.2, 0.25) is 10.0 Å². The lowest BCUT2D eigenvalue weighted by atomic mass is 10.2. The lowest BCUT2D eigenvalue weighted by molar-refractivity contribution is -0.119. The third kappa shape index (κ3) is 4.47. The van der Waals surface area contributed by atoms with E-state index in [9.17, 15) is 22.4 Å². The molecule has 0 atom stereocenters. The molecular formula is C17H12ClFN2O5S2. The van der Waals surface area contributed by atoms with Gasteiger partial charge in [0.1, 0.15) is 10.7 Å². The Hall–Kier alpha value is -2.53. The Morgan fingerprint density at radius 2 is 1.86 bits per heavy atom. The van der Waals surface area contributed by atoms with Gasteiger partial charge in [0.25, 0.3) is 5.91 Å². The van der Waals surface area contributed by atoms with E-state index < -0.39 is 34.3 Å². The predicted octanol–water partition coefficient (Wildman–Crippen LogP) is 3.14. The van der Waals surface area contributed by atoms with Crippen molar-refractivity contribution in [1.82, 2.24) is 0 Å². The average molecular weight is 443 g/mol. The number of fused-ring (bicyclic) bond motifs is 1. The van der Waals surface area contributed by atoms with Gasteiger partial charge in [-0.15, -0.1) is 11.3 Å². The van der Waals surface area contributed by atoms with Crippen molar-refractivity contribution < 1.29 is 27.1 Å². The molecule has 0 bridgehead atoms. The van der Waals surface area contributed by atoms with Crippen LogP contribution in [0, 0.1) is 5.82 Å². The lowest BCUT2D eigenvalue weighted by Gasteiger charge is -2.07. The Morgan fingerprint density at radius 3 is 2.50 bits per heavy atom. The molecule has 28 heavy (non-hydrogen) atoms. The van der Waals surface area contributed by atoms with E-state index in [2.05, 4.69) is 5.32 Å². The minimum absolute atomic E-state index is 0.0626. The Kier molecular flexibility index (Phi) is 5.66. The van der Waals surface area contributed by atoms with Crippen LogP contribution in [-0.2, 0) is 19.6 Å². The number of primary sulfonamides is 1. The summed E-state index contributed by atoms with van der Waals surface area (Å²) in [6.45, 7) is -0.589. The second-order valence-electron chi connectivity index (χ2n) is 5.58. The number of benzene rings is 2. The number of halogens is 2. The van der Waals surface area contributed by atoms with Crippen molar-refractivity contribution >= 4 is 60.6 Å². The molecule has 0 saturated heterocycles. The zero-order valence-electron chi connectivity index (χ0n) is 13.9. The van der Waals surface area contributed by atoms with Crippen LogP contribution >= 0.6 is 22.9 Å². The summed E-state index contributed by atoms with van der Waals surface area (Å²) < 4.78 is 41.1. The third-order valence-corrected chi connectivity index (χ3v) is 6.14. The summed E-state index contributed by atoms with van der Waals surface area (Å²) in [4.78, 5) is 24.1. The molecule has 0 spiro atoms. The molecule has 3 aromatic rings. The van der Waals surface area contributed by atoms with E-state index in [4.69, 9.17) is 21.5 Å². The zero-order chi connectivity index (χ0) is 20.5. The molecule has 3 rings (SSSR count). The Bertz CT molecular complexity index is 1180. The SMILES string of the molecule is NS(=O)(=O)c1ccc(NC(=O)COC(=O)c2sc3cc(F)ccc3c2Cl)cc1. The van der Waals surface area contributed by atoms with E-state index in [1.807, 2.05) is 0 Å². The highest BCUT2D eigenvalue weighted by atomic mass is 35.5. The smallest absolute Gasteiger partial charge is 0.350 e. The topological polar surface area (TPSA) is 116 Å². The zero-order valence-corrected chi connectivity index (χ0v) is 16.3. The fraction of sp³-hybridized carbons (Fsp3) is 0.0588. The summed E-state index contributed by atoms with van der Waals surface area (Å²) in [5.74, 6) is -1.91. The van der Waals surface area contributed by atoms with E-state index in [1.54, 1.807) is 0 Å². The van der Waals surface area contributed by atoms with Crippen molar-refractivity contribution in [3.8, 4) is 0 Å². The monoisotopic (exact) mass is 442 g/mol. The molecule has 0 saturated carbocycles. The van der Waals surface area contributed by atoms with Gasteiger partial charge >= 0.3 is 5.97 Å². The summed E-state index contributed by atoms with van der Waals surface area (Å²) in [6, 6.07) is 9.08.